The van der Waals surface area contributed by atoms with Crippen LogP contribution in [0.2, 0.25) is 5.02 Å². The highest BCUT2D eigenvalue weighted by atomic mass is 35.5. The van der Waals surface area contributed by atoms with Crippen molar-refractivity contribution in [3.8, 4) is 11.1 Å². The number of rotatable bonds is 0. The third-order valence-corrected chi connectivity index (χ3v) is 4.13. The monoisotopic (exact) mass is 271 g/mol. The van der Waals surface area contributed by atoms with Crippen molar-refractivity contribution in [1.82, 2.24) is 0 Å². The summed E-state index contributed by atoms with van der Waals surface area (Å²) < 4.78 is 0. The number of benzene rings is 2. The van der Waals surface area contributed by atoms with Gasteiger partial charge in [-0.05, 0) is 45.4 Å². The molecule has 1 aliphatic carbocycles. The van der Waals surface area contributed by atoms with Gasteiger partial charge in [-0.15, -0.1) is 0 Å². The van der Waals surface area contributed by atoms with Crippen molar-refractivity contribution < 1.29 is 0 Å². The number of hydrogen-bond acceptors (Lipinski definition) is 1. The largest absolute Gasteiger partial charge is 0.320 e. The molecule has 1 unspecified atom stereocenters. The van der Waals surface area contributed by atoms with Gasteiger partial charge in [0, 0.05) is 5.02 Å². The predicted molar refractivity (Wildman–Crippen MR) is 81.6 cm³/mol. The Kier molecular flexibility index (Phi) is 2.74. The third kappa shape index (κ3) is 1.98. The van der Waals surface area contributed by atoms with E-state index in [-0.39, 0.29) is 11.5 Å². The second kappa shape index (κ2) is 4.09. The van der Waals surface area contributed by atoms with E-state index in [2.05, 4.69) is 45.0 Å². The molecule has 98 valence electrons. The molecule has 0 heterocycles. The number of nitrogens with two attached hydrogens (primary N) is 1. The van der Waals surface area contributed by atoms with Crippen molar-refractivity contribution in [2.45, 2.75) is 32.2 Å². The molecule has 0 aliphatic heterocycles. The molecule has 0 radical (unpaired) electrons. The number of fused-ring (bicyclic) bond motifs is 3. The maximum Gasteiger partial charge on any atom is 0.0564 e. The summed E-state index contributed by atoms with van der Waals surface area (Å²) in [6.07, 6.45) is 0. The first-order valence-electron chi connectivity index (χ1n) is 6.58. The lowest BCUT2D eigenvalue weighted by atomic mass is 9.85. The Bertz CT molecular complexity index is 653. The normalized spacial score (nSPS) is 17.2. The third-order valence-electron chi connectivity index (χ3n) is 3.89. The van der Waals surface area contributed by atoms with E-state index in [1.807, 2.05) is 12.1 Å². The van der Waals surface area contributed by atoms with Gasteiger partial charge < -0.3 is 5.73 Å². The van der Waals surface area contributed by atoms with E-state index in [1.165, 1.54) is 22.3 Å². The van der Waals surface area contributed by atoms with Crippen molar-refractivity contribution in [3.63, 3.8) is 0 Å². The summed E-state index contributed by atoms with van der Waals surface area (Å²) in [5, 5.41) is 0.748. The molecule has 0 spiro atoms. The van der Waals surface area contributed by atoms with Crippen molar-refractivity contribution in [1.29, 1.82) is 0 Å². The maximum absolute atomic E-state index is 6.38. The fraction of sp³-hybridized carbons (Fsp3) is 0.294. The molecule has 0 aromatic heterocycles. The van der Waals surface area contributed by atoms with E-state index in [4.69, 9.17) is 17.3 Å². The van der Waals surface area contributed by atoms with Gasteiger partial charge >= 0.3 is 0 Å². The minimum Gasteiger partial charge on any atom is -0.320 e. The zero-order valence-electron chi connectivity index (χ0n) is 11.5. The van der Waals surface area contributed by atoms with Gasteiger partial charge in [-0.3, -0.25) is 0 Å². The van der Waals surface area contributed by atoms with Crippen LogP contribution in [0, 0.1) is 0 Å². The SMILES string of the molecule is CC(C)(C)c1ccc2c(c1)C(N)c1cc(Cl)ccc1-2. The fourth-order valence-corrected chi connectivity index (χ4v) is 2.92. The molecule has 0 amide bonds. The Morgan fingerprint density at radius 2 is 1.53 bits per heavy atom. The van der Waals surface area contributed by atoms with Crippen LogP contribution >= 0.6 is 11.6 Å². The number of hydrogen-bond donors (Lipinski definition) is 1. The second-order valence-electron chi connectivity index (χ2n) is 6.26. The standard InChI is InChI=1S/C17H18ClN/c1-17(2,3)10-4-6-12-13-7-5-11(18)9-15(13)16(19)14(12)8-10/h4-9,16H,19H2,1-3H3. The lowest BCUT2D eigenvalue weighted by molar-refractivity contribution is 0.589. The van der Waals surface area contributed by atoms with Crippen LogP contribution in [0.3, 0.4) is 0 Å². The average Bonchev–Trinajstić information content (AvgIpc) is 2.62. The molecule has 0 fully saturated rings. The summed E-state index contributed by atoms with van der Waals surface area (Å²) in [5.74, 6) is 0. The van der Waals surface area contributed by atoms with Crippen molar-refractivity contribution in [3.05, 3.63) is 58.1 Å². The summed E-state index contributed by atoms with van der Waals surface area (Å²) in [6.45, 7) is 6.66. The maximum atomic E-state index is 6.38. The minimum absolute atomic E-state index is 0.0639. The van der Waals surface area contributed by atoms with Gasteiger partial charge in [-0.1, -0.05) is 56.6 Å². The van der Waals surface area contributed by atoms with Crippen LogP contribution in [0.5, 0.6) is 0 Å². The molecular formula is C17H18ClN. The van der Waals surface area contributed by atoms with E-state index < -0.39 is 0 Å². The minimum atomic E-state index is -0.0639. The zero-order chi connectivity index (χ0) is 13.8. The van der Waals surface area contributed by atoms with Crippen LogP contribution in [-0.2, 0) is 5.41 Å². The van der Waals surface area contributed by atoms with Crippen molar-refractivity contribution >= 4 is 11.6 Å². The van der Waals surface area contributed by atoms with Gasteiger partial charge in [0.2, 0.25) is 0 Å². The Morgan fingerprint density at radius 1 is 0.947 bits per heavy atom. The summed E-state index contributed by atoms with van der Waals surface area (Å²) in [4.78, 5) is 0. The highest BCUT2D eigenvalue weighted by Crippen LogP contribution is 2.44. The molecular weight excluding hydrogens is 254 g/mol. The van der Waals surface area contributed by atoms with E-state index >= 15 is 0 Å². The highest BCUT2D eigenvalue weighted by Gasteiger charge is 2.27. The summed E-state index contributed by atoms with van der Waals surface area (Å²) in [6, 6.07) is 12.6. The van der Waals surface area contributed by atoms with E-state index in [0.29, 0.717) is 0 Å². The van der Waals surface area contributed by atoms with Gasteiger partial charge in [0.15, 0.2) is 0 Å². The zero-order valence-corrected chi connectivity index (χ0v) is 12.3. The van der Waals surface area contributed by atoms with Crippen molar-refractivity contribution in [2.75, 3.05) is 0 Å². The van der Waals surface area contributed by atoms with Gasteiger partial charge in [-0.2, -0.15) is 0 Å². The van der Waals surface area contributed by atoms with Gasteiger partial charge in [0.25, 0.3) is 0 Å². The molecule has 2 N–H and O–H groups in total. The smallest absolute Gasteiger partial charge is 0.0564 e. The van der Waals surface area contributed by atoms with Crippen LogP contribution in [0.15, 0.2) is 36.4 Å². The summed E-state index contributed by atoms with van der Waals surface area (Å²) >= 11 is 6.08. The molecule has 1 atom stereocenters. The molecule has 0 saturated carbocycles. The average molecular weight is 272 g/mol. The Balaban J connectivity index is 2.19. The van der Waals surface area contributed by atoms with Crippen LogP contribution < -0.4 is 5.73 Å². The van der Waals surface area contributed by atoms with Crippen LogP contribution in [-0.4, -0.2) is 0 Å². The van der Waals surface area contributed by atoms with E-state index in [1.54, 1.807) is 0 Å². The first kappa shape index (κ1) is 12.7. The van der Waals surface area contributed by atoms with Crippen LogP contribution in [0.1, 0.15) is 43.5 Å². The van der Waals surface area contributed by atoms with Gasteiger partial charge in [0.1, 0.15) is 0 Å². The van der Waals surface area contributed by atoms with Gasteiger partial charge in [0.05, 0.1) is 6.04 Å². The topological polar surface area (TPSA) is 26.0 Å². The number of halogens is 1. The Hall–Kier alpha value is -1.31. The lowest BCUT2D eigenvalue weighted by Gasteiger charge is -2.20. The quantitative estimate of drug-likeness (QED) is 0.741. The lowest BCUT2D eigenvalue weighted by Crippen LogP contribution is -2.13. The summed E-state index contributed by atoms with van der Waals surface area (Å²) in [5.41, 5.74) is 12.6. The fourth-order valence-electron chi connectivity index (χ4n) is 2.74. The molecule has 19 heavy (non-hydrogen) atoms. The molecule has 1 aliphatic rings. The molecule has 0 bridgehead atoms. The molecule has 3 rings (SSSR count). The molecule has 2 heteroatoms. The molecule has 0 saturated heterocycles. The highest BCUT2D eigenvalue weighted by molar-refractivity contribution is 6.30. The molecule has 2 aromatic rings. The molecule has 2 aromatic carbocycles. The predicted octanol–water partition coefficient (Wildman–Crippen LogP) is 4.67. The van der Waals surface area contributed by atoms with Crippen LogP contribution in [0.25, 0.3) is 11.1 Å². The summed E-state index contributed by atoms with van der Waals surface area (Å²) in [7, 11) is 0. The van der Waals surface area contributed by atoms with Crippen LogP contribution in [0.4, 0.5) is 0 Å². The Labute approximate surface area is 119 Å². The first-order valence-corrected chi connectivity index (χ1v) is 6.95. The molecule has 1 nitrogen and oxygen atoms in total. The van der Waals surface area contributed by atoms with E-state index in [0.717, 1.165) is 10.6 Å². The second-order valence-corrected chi connectivity index (χ2v) is 6.70. The first-order chi connectivity index (χ1) is 8.88. The Morgan fingerprint density at radius 3 is 2.16 bits per heavy atom. The van der Waals surface area contributed by atoms with Crippen molar-refractivity contribution in [2.24, 2.45) is 5.73 Å². The van der Waals surface area contributed by atoms with E-state index in [9.17, 15) is 0 Å². The van der Waals surface area contributed by atoms with Gasteiger partial charge in [-0.25, -0.2) is 0 Å².